The van der Waals surface area contributed by atoms with E-state index in [1.807, 2.05) is 24.3 Å². The molecule has 0 aliphatic carbocycles. The van der Waals surface area contributed by atoms with Gasteiger partial charge in [0.25, 0.3) is 5.69 Å². The molecule has 0 amide bonds. The van der Waals surface area contributed by atoms with Crippen molar-refractivity contribution in [2.45, 2.75) is 6.61 Å². The Balaban J connectivity index is 2.18. The minimum atomic E-state index is -0.480. The van der Waals surface area contributed by atoms with Crippen molar-refractivity contribution in [2.24, 2.45) is 0 Å². The first-order valence-electron chi connectivity index (χ1n) is 6.23. The summed E-state index contributed by atoms with van der Waals surface area (Å²) in [5.41, 5.74) is 0.830. The van der Waals surface area contributed by atoms with Crippen LogP contribution in [0.15, 0.2) is 42.5 Å². The summed E-state index contributed by atoms with van der Waals surface area (Å²) in [6, 6.07) is 11.7. The summed E-state index contributed by atoms with van der Waals surface area (Å²) in [6.45, 7) is 0.276. The third-order valence-corrected chi connectivity index (χ3v) is 2.93. The maximum absolute atomic E-state index is 10.7. The Labute approximate surface area is 122 Å². The van der Waals surface area contributed by atoms with Crippen LogP contribution in [0.4, 0.5) is 5.69 Å². The van der Waals surface area contributed by atoms with Crippen LogP contribution in [-0.2, 0) is 6.61 Å². The van der Waals surface area contributed by atoms with Gasteiger partial charge < -0.3 is 14.2 Å². The van der Waals surface area contributed by atoms with E-state index in [4.69, 9.17) is 14.2 Å². The monoisotopic (exact) mass is 289 g/mol. The largest absolute Gasteiger partial charge is 0.496 e. The number of para-hydroxylation sites is 1. The highest BCUT2D eigenvalue weighted by Gasteiger charge is 2.13. The van der Waals surface area contributed by atoms with E-state index in [0.29, 0.717) is 11.5 Å². The quantitative estimate of drug-likeness (QED) is 0.603. The number of methoxy groups -OCH3 is 2. The van der Waals surface area contributed by atoms with E-state index < -0.39 is 4.92 Å². The molecule has 0 bridgehead atoms. The molecule has 0 fully saturated rings. The second-order valence-corrected chi connectivity index (χ2v) is 4.19. The van der Waals surface area contributed by atoms with Gasteiger partial charge in [-0.05, 0) is 12.1 Å². The number of rotatable bonds is 6. The molecule has 6 heteroatoms. The van der Waals surface area contributed by atoms with Crippen LogP contribution >= 0.6 is 0 Å². The maximum atomic E-state index is 10.7. The summed E-state index contributed by atoms with van der Waals surface area (Å²) >= 11 is 0. The third kappa shape index (κ3) is 3.42. The van der Waals surface area contributed by atoms with E-state index in [-0.39, 0.29) is 12.3 Å². The third-order valence-electron chi connectivity index (χ3n) is 2.93. The molecule has 0 atom stereocenters. The number of benzene rings is 2. The van der Waals surface area contributed by atoms with E-state index in [0.717, 1.165) is 11.3 Å². The minimum Gasteiger partial charge on any atom is -0.496 e. The average molecular weight is 289 g/mol. The lowest BCUT2D eigenvalue weighted by molar-refractivity contribution is -0.385. The lowest BCUT2D eigenvalue weighted by Gasteiger charge is -2.12. The standard InChI is InChI=1S/C15H15NO5/c1-19-13-6-4-3-5-11(13)10-21-14-8-7-12(16(17)18)9-15(14)20-2/h3-9H,10H2,1-2H3. The molecule has 0 aliphatic rings. The van der Waals surface area contributed by atoms with Crippen LogP contribution in [0.5, 0.6) is 17.2 Å². The second-order valence-electron chi connectivity index (χ2n) is 4.19. The van der Waals surface area contributed by atoms with Crippen molar-refractivity contribution < 1.29 is 19.1 Å². The highest BCUT2D eigenvalue weighted by Crippen LogP contribution is 2.32. The number of nitro benzene ring substituents is 1. The molecule has 0 saturated carbocycles. The van der Waals surface area contributed by atoms with Crippen LogP contribution in [0, 0.1) is 10.1 Å². The molecule has 2 rings (SSSR count). The first kappa shape index (κ1) is 14.6. The number of hydrogen-bond acceptors (Lipinski definition) is 5. The van der Waals surface area contributed by atoms with Crippen LogP contribution < -0.4 is 14.2 Å². The molecule has 2 aromatic carbocycles. The zero-order chi connectivity index (χ0) is 15.2. The summed E-state index contributed by atoms with van der Waals surface area (Å²) in [5, 5.41) is 10.7. The Morgan fingerprint density at radius 3 is 2.38 bits per heavy atom. The van der Waals surface area contributed by atoms with Crippen molar-refractivity contribution in [3.63, 3.8) is 0 Å². The molecule has 0 N–H and O–H groups in total. The number of ether oxygens (including phenoxy) is 3. The van der Waals surface area contributed by atoms with Gasteiger partial charge in [-0.1, -0.05) is 18.2 Å². The number of nitrogens with zero attached hydrogens (tertiary/aromatic N) is 1. The van der Waals surface area contributed by atoms with Crippen molar-refractivity contribution in [2.75, 3.05) is 14.2 Å². The molecule has 0 spiro atoms. The topological polar surface area (TPSA) is 70.8 Å². The van der Waals surface area contributed by atoms with Gasteiger partial charge in [0.05, 0.1) is 25.2 Å². The molecule has 0 saturated heterocycles. The summed E-state index contributed by atoms with van der Waals surface area (Å²) in [4.78, 5) is 10.3. The van der Waals surface area contributed by atoms with Gasteiger partial charge in [0.2, 0.25) is 0 Å². The Morgan fingerprint density at radius 2 is 1.71 bits per heavy atom. The number of non-ortho nitro benzene ring substituents is 1. The molecular formula is C15H15NO5. The SMILES string of the molecule is COc1ccccc1COc1ccc([N+](=O)[O-])cc1OC. The first-order chi connectivity index (χ1) is 10.2. The molecular weight excluding hydrogens is 274 g/mol. The van der Waals surface area contributed by atoms with E-state index in [1.54, 1.807) is 7.11 Å². The Kier molecular flexibility index (Phi) is 4.61. The van der Waals surface area contributed by atoms with Gasteiger partial charge in [0.1, 0.15) is 12.4 Å². The lowest BCUT2D eigenvalue weighted by Crippen LogP contribution is -2.00. The molecule has 6 nitrogen and oxygen atoms in total. The van der Waals surface area contributed by atoms with E-state index in [9.17, 15) is 10.1 Å². The van der Waals surface area contributed by atoms with E-state index in [2.05, 4.69) is 0 Å². The van der Waals surface area contributed by atoms with E-state index in [1.165, 1.54) is 25.3 Å². The zero-order valence-corrected chi connectivity index (χ0v) is 11.7. The fourth-order valence-electron chi connectivity index (χ4n) is 1.87. The number of nitro groups is 1. The van der Waals surface area contributed by atoms with Gasteiger partial charge in [-0.25, -0.2) is 0 Å². The van der Waals surface area contributed by atoms with Crippen molar-refractivity contribution in [1.29, 1.82) is 0 Å². The van der Waals surface area contributed by atoms with Crippen LogP contribution in [0.25, 0.3) is 0 Å². The summed E-state index contributed by atoms with van der Waals surface area (Å²) < 4.78 is 16.0. The molecule has 0 radical (unpaired) electrons. The van der Waals surface area contributed by atoms with Gasteiger partial charge >= 0.3 is 0 Å². The fourth-order valence-corrected chi connectivity index (χ4v) is 1.87. The lowest BCUT2D eigenvalue weighted by atomic mass is 10.2. The molecule has 0 aromatic heterocycles. The minimum absolute atomic E-state index is 0.0449. The molecule has 2 aromatic rings. The highest BCUT2D eigenvalue weighted by molar-refractivity contribution is 5.48. The second kappa shape index (κ2) is 6.60. The first-order valence-corrected chi connectivity index (χ1v) is 6.23. The Morgan fingerprint density at radius 1 is 1.00 bits per heavy atom. The van der Waals surface area contributed by atoms with Crippen LogP contribution in [0.1, 0.15) is 5.56 Å². The van der Waals surface area contributed by atoms with Gasteiger partial charge in [0, 0.05) is 11.6 Å². The molecule has 21 heavy (non-hydrogen) atoms. The fraction of sp³-hybridized carbons (Fsp3) is 0.200. The molecule has 0 aliphatic heterocycles. The van der Waals surface area contributed by atoms with Crippen LogP contribution in [-0.4, -0.2) is 19.1 Å². The summed E-state index contributed by atoms with van der Waals surface area (Å²) in [6.07, 6.45) is 0. The van der Waals surface area contributed by atoms with Gasteiger partial charge in [-0.3, -0.25) is 10.1 Å². The summed E-state index contributed by atoms with van der Waals surface area (Å²) in [7, 11) is 3.03. The Bertz CT molecular complexity index is 642. The smallest absolute Gasteiger partial charge is 0.273 e. The van der Waals surface area contributed by atoms with Crippen molar-refractivity contribution in [3.05, 3.63) is 58.1 Å². The van der Waals surface area contributed by atoms with Crippen molar-refractivity contribution >= 4 is 5.69 Å². The average Bonchev–Trinajstić information content (AvgIpc) is 2.52. The molecule has 0 heterocycles. The van der Waals surface area contributed by atoms with Gasteiger partial charge in [0.15, 0.2) is 11.5 Å². The Hall–Kier alpha value is -2.76. The highest BCUT2D eigenvalue weighted by atomic mass is 16.6. The van der Waals surface area contributed by atoms with Crippen molar-refractivity contribution in [3.8, 4) is 17.2 Å². The summed E-state index contributed by atoms with van der Waals surface area (Å²) in [5.74, 6) is 1.48. The predicted octanol–water partition coefficient (Wildman–Crippen LogP) is 3.19. The molecule has 110 valence electrons. The normalized spacial score (nSPS) is 10.0. The van der Waals surface area contributed by atoms with E-state index >= 15 is 0 Å². The maximum Gasteiger partial charge on any atom is 0.273 e. The predicted molar refractivity (Wildman–Crippen MR) is 77.0 cm³/mol. The molecule has 0 unspecified atom stereocenters. The zero-order valence-electron chi connectivity index (χ0n) is 11.7. The number of hydrogen-bond donors (Lipinski definition) is 0. The van der Waals surface area contributed by atoms with Gasteiger partial charge in [-0.15, -0.1) is 0 Å². The van der Waals surface area contributed by atoms with Crippen LogP contribution in [0.3, 0.4) is 0 Å². The van der Waals surface area contributed by atoms with Crippen molar-refractivity contribution in [1.82, 2.24) is 0 Å². The van der Waals surface area contributed by atoms with Crippen LogP contribution in [0.2, 0.25) is 0 Å². The van der Waals surface area contributed by atoms with Gasteiger partial charge in [-0.2, -0.15) is 0 Å².